The fourth-order valence-electron chi connectivity index (χ4n) is 1.03. The van der Waals surface area contributed by atoms with Gasteiger partial charge in [-0.3, -0.25) is 5.21 Å². The van der Waals surface area contributed by atoms with Crippen molar-refractivity contribution in [3.05, 3.63) is 0 Å². The van der Waals surface area contributed by atoms with Gasteiger partial charge in [-0.1, -0.05) is 6.92 Å². The molecule has 4 nitrogen and oxygen atoms in total. The van der Waals surface area contributed by atoms with Crippen molar-refractivity contribution in [3.8, 4) is 0 Å². The highest BCUT2D eigenvalue weighted by Gasteiger charge is 2.18. The molecule has 0 saturated heterocycles. The minimum atomic E-state index is -0.272. The van der Waals surface area contributed by atoms with Gasteiger partial charge in [0.1, 0.15) is 0 Å². The van der Waals surface area contributed by atoms with Gasteiger partial charge in [0.05, 0.1) is 0 Å². The van der Waals surface area contributed by atoms with E-state index < -0.39 is 0 Å². The summed E-state index contributed by atoms with van der Waals surface area (Å²) in [4.78, 5) is 0. The monoisotopic (exact) mass is 175 g/mol. The molecule has 3 N–H and O–H groups in total. The van der Waals surface area contributed by atoms with E-state index in [0.29, 0.717) is 13.1 Å². The highest BCUT2D eigenvalue weighted by Crippen LogP contribution is 2.03. The molecule has 12 heavy (non-hydrogen) atoms. The lowest BCUT2D eigenvalue weighted by molar-refractivity contribution is -0.245. The van der Waals surface area contributed by atoms with Crippen LogP contribution in [0.4, 0.5) is 0 Å². The number of nitrogens with two attached hydrogens (primary N) is 1. The molecule has 0 bridgehead atoms. The highest BCUT2D eigenvalue weighted by molar-refractivity contribution is 4.74. The number of nitrogens with zero attached hydrogens (tertiary/aromatic N) is 2. The third-order valence-corrected chi connectivity index (χ3v) is 1.56. The maximum absolute atomic E-state index is 9.38. The Morgan fingerprint density at radius 3 is 2.00 bits per heavy atom. The summed E-state index contributed by atoms with van der Waals surface area (Å²) in [5, 5.41) is 12.4. The molecule has 74 valence electrons. The van der Waals surface area contributed by atoms with Gasteiger partial charge in [-0.15, -0.1) is 5.17 Å². The maximum Gasteiger partial charge on any atom is 0.0373 e. The molecule has 0 aromatic carbocycles. The summed E-state index contributed by atoms with van der Waals surface area (Å²) in [5.41, 5.74) is 5.55. The zero-order valence-corrected chi connectivity index (χ0v) is 8.54. The molecule has 0 fully saturated rings. The number of hydrogen-bond donors (Lipinski definition) is 2. The Morgan fingerprint density at radius 2 is 1.75 bits per heavy atom. The molecule has 4 heteroatoms. The summed E-state index contributed by atoms with van der Waals surface area (Å²) in [5.74, 6) is 0. The smallest absolute Gasteiger partial charge is 0.0373 e. The van der Waals surface area contributed by atoms with Crippen molar-refractivity contribution in [3.63, 3.8) is 0 Å². The Labute approximate surface area is 74.9 Å². The number of likely N-dealkylation sites (N-methyl/N-ethyl adjacent to an activating group) is 1. The molecule has 0 radical (unpaired) electrons. The molecule has 0 amide bonds. The zero-order valence-electron chi connectivity index (χ0n) is 8.54. The maximum atomic E-state index is 9.38. The van der Waals surface area contributed by atoms with Gasteiger partial charge in [0, 0.05) is 25.2 Å². The Hall–Kier alpha value is -0.160. The van der Waals surface area contributed by atoms with Crippen LogP contribution in [-0.2, 0) is 0 Å². The van der Waals surface area contributed by atoms with Gasteiger partial charge < -0.3 is 5.73 Å². The third-order valence-electron chi connectivity index (χ3n) is 1.56. The second kappa shape index (κ2) is 4.77. The second-order valence-electron chi connectivity index (χ2n) is 3.66. The fourth-order valence-corrected chi connectivity index (χ4v) is 1.03. The zero-order chi connectivity index (χ0) is 9.78. The lowest BCUT2D eigenvalue weighted by Crippen LogP contribution is -2.51. The Morgan fingerprint density at radius 1 is 1.25 bits per heavy atom. The first kappa shape index (κ1) is 11.8. The van der Waals surface area contributed by atoms with Crippen LogP contribution in [0.1, 0.15) is 27.7 Å². The van der Waals surface area contributed by atoms with Gasteiger partial charge in [0.25, 0.3) is 0 Å². The summed E-state index contributed by atoms with van der Waals surface area (Å²) in [6.45, 7) is 9.79. The first-order chi connectivity index (χ1) is 5.40. The molecule has 0 spiro atoms. The largest absolute Gasteiger partial charge is 0.324 e. The lowest BCUT2D eigenvalue weighted by Gasteiger charge is -2.33. The van der Waals surface area contributed by atoms with E-state index in [4.69, 9.17) is 5.73 Å². The molecule has 0 atom stereocenters. The van der Waals surface area contributed by atoms with Gasteiger partial charge >= 0.3 is 0 Å². The van der Waals surface area contributed by atoms with E-state index in [0.717, 1.165) is 6.54 Å². The summed E-state index contributed by atoms with van der Waals surface area (Å²) >= 11 is 0. The molecule has 0 aliphatic rings. The first-order valence-corrected chi connectivity index (χ1v) is 4.41. The molecule has 0 unspecified atom stereocenters. The Balaban J connectivity index is 3.99. The van der Waals surface area contributed by atoms with E-state index in [9.17, 15) is 5.21 Å². The predicted molar refractivity (Wildman–Crippen MR) is 49.7 cm³/mol. The van der Waals surface area contributed by atoms with Crippen molar-refractivity contribution >= 4 is 0 Å². The standard InChI is InChI=1S/C8H21N3O/c1-5-10(11(12)6-2)7-8(3,4)9/h12H,5-7,9H2,1-4H3. The first-order valence-electron chi connectivity index (χ1n) is 4.41. The van der Waals surface area contributed by atoms with Gasteiger partial charge in [0.15, 0.2) is 0 Å². The summed E-state index contributed by atoms with van der Waals surface area (Å²) in [6.07, 6.45) is 0. The van der Waals surface area contributed by atoms with Crippen LogP contribution in [0, 0.1) is 0 Å². The van der Waals surface area contributed by atoms with E-state index in [1.165, 1.54) is 5.17 Å². The average molecular weight is 175 g/mol. The molecular weight excluding hydrogens is 154 g/mol. The molecule has 0 saturated carbocycles. The average Bonchev–Trinajstić information content (AvgIpc) is 1.97. The van der Waals surface area contributed by atoms with Gasteiger partial charge in [-0.2, -0.15) is 0 Å². The fraction of sp³-hybridized carbons (Fsp3) is 1.00. The van der Waals surface area contributed by atoms with Crippen molar-refractivity contribution in [2.24, 2.45) is 5.73 Å². The van der Waals surface area contributed by atoms with Gasteiger partial charge in [-0.25, -0.2) is 5.01 Å². The number of hydrazine groups is 1. The molecule has 0 aliphatic carbocycles. The normalized spacial score (nSPS) is 13.0. The van der Waals surface area contributed by atoms with E-state index in [1.54, 1.807) is 0 Å². The van der Waals surface area contributed by atoms with Gasteiger partial charge in [0.2, 0.25) is 0 Å². The van der Waals surface area contributed by atoms with Crippen molar-refractivity contribution < 1.29 is 5.21 Å². The van der Waals surface area contributed by atoms with Crippen LogP contribution in [-0.4, -0.2) is 40.6 Å². The number of hydrogen-bond acceptors (Lipinski definition) is 4. The molecule has 0 aromatic rings. The van der Waals surface area contributed by atoms with E-state index in [-0.39, 0.29) is 5.54 Å². The minimum Gasteiger partial charge on any atom is -0.324 e. The SMILES string of the molecule is CCN(O)N(CC)CC(C)(C)N. The van der Waals surface area contributed by atoms with Crippen LogP contribution in [0.5, 0.6) is 0 Å². The van der Waals surface area contributed by atoms with Crippen LogP contribution in [0.25, 0.3) is 0 Å². The molecular formula is C8H21N3O. The number of hydroxylamine groups is 1. The molecule has 0 rings (SSSR count). The lowest BCUT2D eigenvalue weighted by atomic mass is 10.1. The predicted octanol–water partition coefficient (Wildman–Crippen LogP) is 0.672. The third kappa shape index (κ3) is 4.66. The van der Waals surface area contributed by atoms with Crippen molar-refractivity contribution in [1.82, 2.24) is 10.2 Å². The Bertz CT molecular complexity index is 122. The highest BCUT2D eigenvalue weighted by atomic mass is 16.5. The summed E-state index contributed by atoms with van der Waals surface area (Å²) in [6, 6.07) is 0. The van der Waals surface area contributed by atoms with Crippen molar-refractivity contribution in [2.45, 2.75) is 33.2 Å². The van der Waals surface area contributed by atoms with Crippen molar-refractivity contribution in [2.75, 3.05) is 19.6 Å². The number of rotatable bonds is 5. The minimum absolute atomic E-state index is 0.272. The second-order valence-corrected chi connectivity index (χ2v) is 3.66. The van der Waals surface area contributed by atoms with Crippen LogP contribution >= 0.6 is 0 Å². The molecule has 0 aromatic heterocycles. The Kier molecular flexibility index (Phi) is 4.70. The van der Waals surface area contributed by atoms with Crippen LogP contribution in [0.15, 0.2) is 0 Å². The van der Waals surface area contributed by atoms with Crippen molar-refractivity contribution in [1.29, 1.82) is 0 Å². The van der Waals surface area contributed by atoms with Crippen LogP contribution in [0.3, 0.4) is 0 Å². The summed E-state index contributed by atoms with van der Waals surface area (Å²) < 4.78 is 0. The molecule has 0 aliphatic heterocycles. The molecule has 0 heterocycles. The van der Waals surface area contributed by atoms with E-state index >= 15 is 0 Å². The van der Waals surface area contributed by atoms with E-state index in [1.807, 2.05) is 32.7 Å². The van der Waals surface area contributed by atoms with Crippen LogP contribution < -0.4 is 5.73 Å². The topological polar surface area (TPSA) is 52.7 Å². The van der Waals surface area contributed by atoms with Gasteiger partial charge in [-0.05, 0) is 20.8 Å². The quantitative estimate of drug-likeness (QED) is 0.603. The van der Waals surface area contributed by atoms with Crippen LogP contribution in [0.2, 0.25) is 0 Å². The summed E-state index contributed by atoms with van der Waals surface area (Å²) in [7, 11) is 0. The van der Waals surface area contributed by atoms with E-state index in [2.05, 4.69) is 0 Å².